The molecule has 0 bridgehead atoms. The molecule has 0 aliphatic heterocycles. The molecule has 0 aliphatic carbocycles. The molecule has 0 amide bonds. The summed E-state index contributed by atoms with van der Waals surface area (Å²) >= 11 is 8.59. The molecule has 2 N–H and O–H groups in total. The normalized spacial score (nSPS) is 10.4. The molecule has 0 atom stereocenters. The smallest absolute Gasteiger partial charge is 0.341 e. The topological polar surface area (TPSA) is 50.4 Å². The van der Waals surface area contributed by atoms with Gasteiger partial charge < -0.3 is 15.4 Å². The van der Waals surface area contributed by atoms with Gasteiger partial charge in [0, 0.05) is 16.2 Å². The molecule has 0 spiro atoms. The fraction of sp³-hybridized carbons (Fsp3) is 0.200. The quantitative estimate of drug-likeness (QED) is 0.416. The predicted molar refractivity (Wildman–Crippen MR) is 117 cm³/mol. The van der Waals surface area contributed by atoms with Gasteiger partial charge in [-0.25, -0.2) is 4.79 Å². The van der Waals surface area contributed by atoms with E-state index in [0.29, 0.717) is 28.8 Å². The van der Waals surface area contributed by atoms with Crippen molar-refractivity contribution in [3.8, 4) is 0 Å². The Balaban J connectivity index is 1.72. The van der Waals surface area contributed by atoms with Gasteiger partial charge in [-0.1, -0.05) is 36.4 Å². The van der Waals surface area contributed by atoms with Gasteiger partial charge in [-0.15, -0.1) is 22.7 Å². The molecule has 0 aliphatic rings. The molecule has 0 radical (unpaired) electrons. The van der Waals surface area contributed by atoms with Crippen LogP contribution in [0.25, 0.3) is 0 Å². The Hall–Kier alpha value is -2.22. The van der Waals surface area contributed by atoms with Crippen molar-refractivity contribution < 1.29 is 9.53 Å². The van der Waals surface area contributed by atoms with E-state index in [4.69, 9.17) is 17.0 Å². The molecule has 0 saturated carbocycles. The van der Waals surface area contributed by atoms with Gasteiger partial charge in [0.25, 0.3) is 0 Å². The summed E-state index contributed by atoms with van der Waals surface area (Å²) in [7, 11) is 0. The van der Waals surface area contributed by atoms with Crippen LogP contribution in [0.15, 0.2) is 53.9 Å². The highest BCUT2D eigenvalue weighted by Gasteiger charge is 2.18. The van der Waals surface area contributed by atoms with E-state index in [1.165, 1.54) is 21.8 Å². The lowest BCUT2D eigenvalue weighted by molar-refractivity contribution is 0.0528. The summed E-state index contributed by atoms with van der Waals surface area (Å²) in [6.45, 7) is 2.79. The van der Waals surface area contributed by atoms with Crippen molar-refractivity contribution in [3.63, 3.8) is 0 Å². The first-order valence-corrected chi connectivity index (χ1v) is 10.7. The van der Waals surface area contributed by atoms with Crippen LogP contribution < -0.4 is 10.6 Å². The molecule has 7 heteroatoms. The summed E-state index contributed by atoms with van der Waals surface area (Å²) in [5.41, 5.74) is 1.71. The number of nitrogens with one attached hydrogen (secondary N) is 2. The highest BCUT2D eigenvalue weighted by Crippen LogP contribution is 2.30. The van der Waals surface area contributed by atoms with Crippen LogP contribution in [0.5, 0.6) is 0 Å². The SMILES string of the molecule is CCOC(=O)c1cc(Cc2ccccc2)sc1NC(=S)NCc1cccs1. The number of carbonyl (C=O) groups excluding carboxylic acids is 1. The van der Waals surface area contributed by atoms with Crippen molar-refractivity contribution in [3.05, 3.63) is 74.8 Å². The van der Waals surface area contributed by atoms with Gasteiger partial charge in [0.2, 0.25) is 0 Å². The first kappa shape index (κ1) is 19.5. The van der Waals surface area contributed by atoms with Crippen molar-refractivity contribution in [2.75, 3.05) is 11.9 Å². The van der Waals surface area contributed by atoms with E-state index < -0.39 is 0 Å². The second kappa shape index (κ2) is 9.64. The minimum Gasteiger partial charge on any atom is -0.462 e. The average Bonchev–Trinajstić information content (AvgIpc) is 3.31. The van der Waals surface area contributed by atoms with Gasteiger partial charge in [-0.05, 0) is 42.2 Å². The van der Waals surface area contributed by atoms with Crippen molar-refractivity contribution in [2.24, 2.45) is 0 Å². The molecule has 0 saturated heterocycles. The Morgan fingerprint density at radius 1 is 1.15 bits per heavy atom. The lowest BCUT2D eigenvalue weighted by Gasteiger charge is -2.09. The van der Waals surface area contributed by atoms with Gasteiger partial charge in [0.05, 0.1) is 18.7 Å². The number of hydrogen-bond donors (Lipinski definition) is 2. The number of rotatable bonds is 7. The third-order valence-corrected chi connectivity index (χ3v) is 5.90. The molecule has 2 aromatic heterocycles. The van der Waals surface area contributed by atoms with Crippen molar-refractivity contribution in [1.82, 2.24) is 5.32 Å². The Kier molecular flexibility index (Phi) is 6.98. The summed E-state index contributed by atoms with van der Waals surface area (Å²) in [6, 6.07) is 16.1. The van der Waals surface area contributed by atoms with Crippen LogP contribution in [0.2, 0.25) is 0 Å². The monoisotopic (exact) mass is 416 g/mol. The van der Waals surface area contributed by atoms with Gasteiger partial charge in [0.1, 0.15) is 5.00 Å². The molecule has 0 fully saturated rings. The molecular weight excluding hydrogens is 396 g/mol. The van der Waals surface area contributed by atoms with Crippen LogP contribution in [0, 0.1) is 0 Å². The van der Waals surface area contributed by atoms with E-state index in [1.807, 2.05) is 41.8 Å². The Labute approximate surface area is 172 Å². The second-order valence-electron chi connectivity index (χ2n) is 5.73. The van der Waals surface area contributed by atoms with Crippen LogP contribution in [0.1, 0.15) is 32.6 Å². The van der Waals surface area contributed by atoms with Gasteiger partial charge >= 0.3 is 5.97 Å². The molecule has 1 aromatic carbocycles. The highest BCUT2D eigenvalue weighted by atomic mass is 32.1. The summed E-state index contributed by atoms with van der Waals surface area (Å²) < 4.78 is 5.20. The average molecular weight is 417 g/mol. The molecule has 27 heavy (non-hydrogen) atoms. The third kappa shape index (κ3) is 5.63. The number of carbonyl (C=O) groups is 1. The number of benzene rings is 1. The third-order valence-electron chi connectivity index (χ3n) is 3.73. The number of thiophene rings is 2. The summed E-state index contributed by atoms with van der Waals surface area (Å²) in [5.74, 6) is -0.336. The van der Waals surface area contributed by atoms with E-state index in [-0.39, 0.29) is 5.97 Å². The first-order chi connectivity index (χ1) is 13.2. The van der Waals surface area contributed by atoms with E-state index in [9.17, 15) is 4.79 Å². The highest BCUT2D eigenvalue weighted by molar-refractivity contribution is 7.80. The van der Waals surface area contributed by atoms with Crippen molar-refractivity contribution >= 4 is 51.0 Å². The number of thiocarbonyl (C=S) groups is 1. The molecule has 3 aromatic rings. The first-order valence-electron chi connectivity index (χ1n) is 8.56. The summed E-state index contributed by atoms with van der Waals surface area (Å²) in [5, 5.41) is 9.57. The zero-order chi connectivity index (χ0) is 19.1. The minimum absolute atomic E-state index is 0.336. The second-order valence-corrected chi connectivity index (χ2v) is 8.30. The zero-order valence-corrected chi connectivity index (χ0v) is 17.3. The van der Waals surface area contributed by atoms with Crippen LogP contribution in [-0.2, 0) is 17.7 Å². The van der Waals surface area contributed by atoms with E-state index in [0.717, 1.165) is 11.3 Å². The van der Waals surface area contributed by atoms with Crippen LogP contribution in [0.3, 0.4) is 0 Å². The molecule has 140 valence electrons. The van der Waals surface area contributed by atoms with Crippen LogP contribution in [0.4, 0.5) is 5.00 Å². The maximum atomic E-state index is 12.3. The van der Waals surface area contributed by atoms with Crippen LogP contribution >= 0.6 is 34.9 Å². The Morgan fingerprint density at radius 3 is 2.67 bits per heavy atom. The lowest BCUT2D eigenvalue weighted by Crippen LogP contribution is -2.27. The Bertz CT molecular complexity index is 889. The minimum atomic E-state index is -0.336. The zero-order valence-electron chi connectivity index (χ0n) is 14.9. The fourth-order valence-corrected chi connectivity index (χ4v) is 4.47. The lowest BCUT2D eigenvalue weighted by atomic mass is 10.1. The van der Waals surface area contributed by atoms with Gasteiger partial charge in [0.15, 0.2) is 5.11 Å². The predicted octanol–water partition coefficient (Wildman–Crippen LogP) is 5.06. The number of ether oxygens (including phenoxy) is 1. The van der Waals surface area contributed by atoms with E-state index in [1.54, 1.807) is 18.3 Å². The maximum Gasteiger partial charge on any atom is 0.341 e. The number of hydrogen-bond acceptors (Lipinski definition) is 5. The molecule has 3 rings (SSSR count). The molecular formula is C20H20N2O2S3. The van der Waals surface area contributed by atoms with Crippen LogP contribution in [-0.4, -0.2) is 17.7 Å². The molecule has 0 unspecified atom stereocenters. The van der Waals surface area contributed by atoms with E-state index >= 15 is 0 Å². The number of anilines is 1. The van der Waals surface area contributed by atoms with Crippen molar-refractivity contribution in [2.45, 2.75) is 19.9 Å². The molecule has 4 nitrogen and oxygen atoms in total. The Morgan fingerprint density at radius 2 is 1.96 bits per heavy atom. The van der Waals surface area contributed by atoms with Gasteiger partial charge in [-0.2, -0.15) is 0 Å². The van der Waals surface area contributed by atoms with Crippen molar-refractivity contribution in [1.29, 1.82) is 0 Å². The van der Waals surface area contributed by atoms with E-state index in [2.05, 4.69) is 22.8 Å². The maximum absolute atomic E-state index is 12.3. The van der Waals surface area contributed by atoms with Gasteiger partial charge in [-0.3, -0.25) is 0 Å². The largest absolute Gasteiger partial charge is 0.462 e. The summed E-state index contributed by atoms with van der Waals surface area (Å²) in [6.07, 6.45) is 0.759. The summed E-state index contributed by atoms with van der Waals surface area (Å²) in [4.78, 5) is 14.6. The molecule has 2 heterocycles. The number of esters is 1. The standard InChI is InChI=1S/C20H20N2O2S3/c1-2-24-19(23)17-12-16(11-14-7-4-3-5-8-14)27-18(17)22-20(25)21-13-15-9-6-10-26-15/h3-10,12H,2,11,13H2,1H3,(H2,21,22,25). The fourth-order valence-electron chi connectivity index (χ4n) is 2.51.